The van der Waals surface area contributed by atoms with Crippen LogP contribution in [0.1, 0.15) is 11.1 Å². The third-order valence-corrected chi connectivity index (χ3v) is 4.76. The van der Waals surface area contributed by atoms with E-state index in [4.69, 9.17) is 9.47 Å². The zero-order valence-corrected chi connectivity index (χ0v) is 16.9. The molecule has 29 heavy (non-hydrogen) atoms. The van der Waals surface area contributed by atoms with Crippen molar-refractivity contribution in [1.82, 2.24) is 15.5 Å². The molecule has 6 nitrogen and oxygen atoms in total. The van der Waals surface area contributed by atoms with Crippen molar-refractivity contribution in [3.05, 3.63) is 65.5 Å². The molecule has 0 unspecified atom stereocenters. The molecule has 3 rings (SSSR count). The van der Waals surface area contributed by atoms with Crippen LogP contribution in [-0.2, 0) is 17.8 Å². The molecule has 0 amide bonds. The van der Waals surface area contributed by atoms with Gasteiger partial charge in [0.05, 0.1) is 13.2 Å². The van der Waals surface area contributed by atoms with Gasteiger partial charge in [0.2, 0.25) is 0 Å². The summed E-state index contributed by atoms with van der Waals surface area (Å²) >= 11 is 0. The van der Waals surface area contributed by atoms with Crippen molar-refractivity contribution in [3.63, 3.8) is 0 Å². The van der Waals surface area contributed by atoms with Crippen LogP contribution in [0.5, 0.6) is 5.75 Å². The zero-order chi connectivity index (χ0) is 20.3. The van der Waals surface area contributed by atoms with Gasteiger partial charge in [0, 0.05) is 45.3 Å². The van der Waals surface area contributed by atoms with Gasteiger partial charge in [-0.1, -0.05) is 30.3 Å². The minimum Gasteiger partial charge on any atom is -0.492 e. The summed E-state index contributed by atoms with van der Waals surface area (Å²) in [5.74, 6) is 1.28. The van der Waals surface area contributed by atoms with Gasteiger partial charge in [-0.2, -0.15) is 0 Å². The lowest BCUT2D eigenvalue weighted by Crippen LogP contribution is -2.38. The Morgan fingerprint density at radius 2 is 1.90 bits per heavy atom. The Morgan fingerprint density at radius 1 is 1.10 bits per heavy atom. The van der Waals surface area contributed by atoms with Crippen molar-refractivity contribution in [2.75, 3.05) is 46.5 Å². The average Bonchev–Trinajstić information content (AvgIpc) is 2.75. The first-order valence-electron chi connectivity index (χ1n) is 9.94. The van der Waals surface area contributed by atoms with Crippen LogP contribution >= 0.6 is 0 Å². The van der Waals surface area contributed by atoms with E-state index in [2.05, 4.69) is 20.5 Å². The number of rotatable bonds is 8. The maximum absolute atomic E-state index is 13.3. The third-order valence-electron chi connectivity index (χ3n) is 4.76. The van der Waals surface area contributed by atoms with Gasteiger partial charge >= 0.3 is 0 Å². The normalized spacial score (nSPS) is 15.2. The summed E-state index contributed by atoms with van der Waals surface area (Å²) in [7, 11) is 1.71. The van der Waals surface area contributed by atoms with Crippen molar-refractivity contribution in [1.29, 1.82) is 0 Å². The molecule has 156 valence electrons. The van der Waals surface area contributed by atoms with Crippen LogP contribution < -0.4 is 15.4 Å². The van der Waals surface area contributed by atoms with Gasteiger partial charge in [-0.25, -0.2) is 4.39 Å². The molecule has 1 aliphatic rings. The SMILES string of the molecule is CN=C(NCc1cccc(F)c1)NCc1ccccc1OCCN1CCOCC1. The van der Waals surface area contributed by atoms with E-state index in [1.54, 1.807) is 13.1 Å². The minimum atomic E-state index is -0.240. The summed E-state index contributed by atoms with van der Waals surface area (Å²) in [6.45, 7) is 6.11. The fourth-order valence-electron chi connectivity index (χ4n) is 3.13. The van der Waals surface area contributed by atoms with Crippen molar-refractivity contribution in [2.45, 2.75) is 13.1 Å². The second-order valence-electron chi connectivity index (χ2n) is 6.82. The van der Waals surface area contributed by atoms with Crippen LogP contribution in [0.25, 0.3) is 0 Å². The van der Waals surface area contributed by atoms with E-state index in [0.717, 1.165) is 49.7 Å². The molecule has 0 aromatic heterocycles. The Labute approximate surface area is 171 Å². The maximum Gasteiger partial charge on any atom is 0.191 e. The van der Waals surface area contributed by atoms with Gasteiger partial charge < -0.3 is 20.1 Å². The molecule has 1 fully saturated rings. The highest BCUT2D eigenvalue weighted by atomic mass is 19.1. The standard InChI is InChI=1S/C22H29FN4O2/c1-24-22(25-16-18-5-4-7-20(23)15-18)26-17-19-6-2-3-8-21(19)29-14-11-27-9-12-28-13-10-27/h2-8,15H,9-14,16-17H2,1H3,(H2,24,25,26). The molecule has 0 radical (unpaired) electrons. The van der Waals surface area contributed by atoms with E-state index in [-0.39, 0.29) is 5.82 Å². The molecular formula is C22H29FN4O2. The highest BCUT2D eigenvalue weighted by Gasteiger charge is 2.11. The number of hydrogen-bond donors (Lipinski definition) is 2. The number of halogens is 1. The van der Waals surface area contributed by atoms with Crippen LogP contribution in [0.15, 0.2) is 53.5 Å². The molecule has 7 heteroatoms. The first-order chi connectivity index (χ1) is 14.2. The number of morpholine rings is 1. The summed E-state index contributed by atoms with van der Waals surface area (Å²) in [5, 5.41) is 6.49. The zero-order valence-electron chi connectivity index (χ0n) is 16.9. The Morgan fingerprint density at radius 3 is 2.69 bits per heavy atom. The number of nitrogens with one attached hydrogen (secondary N) is 2. The summed E-state index contributed by atoms with van der Waals surface area (Å²) in [5.41, 5.74) is 1.92. The number of aliphatic imine (C=N–C) groups is 1. The third kappa shape index (κ3) is 7.03. The molecule has 2 aromatic rings. The lowest BCUT2D eigenvalue weighted by molar-refractivity contribution is 0.0322. The van der Waals surface area contributed by atoms with Crippen LogP contribution in [-0.4, -0.2) is 57.4 Å². The van der Waals surface area contributed by atoms with E-state index < -0.39 is 0 Å². The average molecular weight is 400 g/mol. The molecule has 0 bridgehead atoms. The number of benzene rings is 2. The predicted octanol–water partition coefficient (Wildman–Crippen LogP) is 2.40. The first kappa shape index (κ1) is 21.1. The predicted molar refractivity (Wildman–Crippen MR) is 113 cm³/mol. The molecule has 2 N–H and O–H groups in total. The molecule has 1 saturated heterocycles. The second-order valence-corrected chi connectivity index (χ2v) is 6.82. The van der Waals surface area contributed by atoms with Crippen LogP contribution in [0.3, 0.4) is 0 Å². The van der Waals surface area contributed by atoms with E-state index in [1.165, 1.54) is 12.1 Å². The lowest BCUT2D eigenvalue weighted by atomic mass is 10.2. The summed E-state index contributed by atoms with van der Waals surface area (Å²) in [6.07, 6.45) is 0. The van der Waals surface area contributed by atoms with Gasteiger partial charge in [0.25, 0.3) is 0 Å². The van der Waals surface area contributed by atoms with Gasteiger partial charge in [0.15, 0.2) is 5.96 Å². The maximum atomic E-state index is 13.3. The largest absolute Gasteiger partial charge is 0.492 e. The molecule has 0 saturated carbocycles. The number of ether oxygens (including phenoxy) is 2. The summed E-state index contributed by atoms with van der Waals surface area (Å²) < 4.78 is 24.7. The lowest BCUT2D eigenvalue weighted by Gasteiger charge is -2.26. The number of guanidine groups is 1. The molecule has 0 spiro atoms. The first-order valence-corrected chi connectivity index (χ1v) is 9.94. The van der Waals surface area contributed by atoms with Crippen molar-refractivity contribution in [3.8, 4) is 5.75 Å². The molecule has 1 aliphatic heterocycles. The molecule has 0 atom stereocenters. The van der Waals surface area contributed by atoms with E-state index in [0.29, 0.717) is 25.7 Å². The smallest absolute Gasteiger partial charge is 0.191 e. The van der Waals surface area contributed by atoms with Gasteiger partial charge in [0.1, 0.15) is 18.2 Å². The highest BCUT2D eigenvalue weighted by Crippen LogP contribution is 2.17. The quantitative estimate of drug-likeness (QED) is 0.526. The van der Waals surface area contributed by atoms with Crippen LogP contribution in [0.4, 0.5) is 4.39 Å². The Hall–Kier alpha value is -2.64. The van der Waals surface area contributed by atoms with Crippen molar-refractivity contribution < 1.29 is 13.9 Å². The monoisotopic (exact) mass is 400 g/mol. The number of para-hydroxylation sites is 1. The molecule has 0 aliphatic carbocycles. The van der Waals surface area contributed by atoms with Crippen LogP contribution in [0.2, 0.25) is 0 Å². The van der Waals surface area contributed by atoms with Gasteiger partial charge in [-0.05, 0) is 23.8 Å². The number of hydrogen-bond acceptors (Lipinski definition) is 4. The van der Waals surface area contributed by atoms with E-state index in [9.17, 15) is 4.39 Å². The topological polar surface area (TPSA) is 58.1 Å². The fraction of sp³-hybridized carbons (Fsp3) is 0.409. The molecule has 2 aromatic carbocycles. The second kappa shape index (κ2) is 11.4. The minimum absolute atomic E-state index is 0.240. The Balaban J connectivity index is 1.47. The van der Waals surface area contributed by atoms with Crippen molar-refractivity contribution in [2.24, 2.45) is 4.99 Å². The van der Waals surface area contributed by atoms with Gasteiger partial charge in [-0.3, -0.25) is 9.89 Å². The molecular weight excluding hydrogens is 371 g/mol. The Bertz CT molecular complexity index is 794. The highest BCUT2D eigenvalue weighted by molar-refractivity contribution is 5.79. The van der Waals surface area contributed by atoms with E-state index in [1.807, 2.05) is 30.3 Å². The van der Waals surface area contributed by atoms with E-state index >= 15 is 0 Å². The van der Waals surface area contributed by atoms with Crippen molar-refractivity contribution >= 4 is 5.96 Å². The van der Waals surface area contributed by atoms with Crippen LogP contribution in [0, 0.1) is 5.82 Å². The summed E-state index contributed by atoms with van der Waals surface area (Å²) in [4.78, 5) is 6.58. The Kier molecular flexibility index (Phi) is 8.27. The van der Waals surface area contributed by atoms with Gasteiger partial charge in [-0.15, -0.1) is 0 Å². The number of nitrogens with zero attached hydrogens (tertiary/aromatic N) is 2. The fourth-order valence-corrected chi connectivity index (χ4v) is 3.13. The summed E-state index contributed by atoms with van der Waals surface area (Å²) in [6, 6.07) is 14.5. The molecule has 1 heterocycles.